The van der Waals surface area contributed by atoms with Crippen LogP contribution in [0.25, 0.3) is 11.4 Å². The van der Waals surface area contributed by atoms with Crippen LogP contribution in [0, 0.1) is 6.92 Å². The molecule has 3 rings (SSSR count). The van der Waals surface area contributed by atoms with Gasteiger partial charge in [0, 0.05) is 23.1 Å². The summed E-state index contributed by atoms with van der Waals surface area (Å²) < 4.78 is 12.0. The molecule has 0 aliphatic carbocycles. The number of aryl methyl sites for hydroxylation is 1. The lowest BCUT2D eigenvalue weighted by atomic mass is 10.0. The van der Waals surface area contributed by atoms with E-state index in [2.05, 4.69) is 38.3 Å². The number of nitrogens with zero attached hydrogens (tertiary/aromatic N) is 2. The quantitative estimate of drug-likeness (QED) is 0.929. The lowest BCUT2D eigenvalue weighted by Crippen LogP contribution is -2.58. The summed E-state index contributed by atoms with van der Waals surface area (Å²) in [5, 5.41) is 7.18. The Bertz CT molecular complexity index is 623. The van der Waals surface area contributed by atoms with E-state index >= 15 is 0 Å². The van der Waals surface area contributed by atoms with Crippen LogP contribution in [0.3, 0.4) is 0 Å². The Kier molecular flexibility index (Phi) is 3.62. The minimum Gasteiger partial charge on any atom is -0.363 e. The number of halogens is 1. The Labute approximate surface area is 125 Å². The van der Waals surface area contributed by atoms with Gasteiger partial charge in [-0.1, -0.05) is 33.2 Å². The van der Waals surface area contributed by atoms with E-state index in [1.165, 1.54) is 5.56 Å². The first-order chi connectivity index (χ1) is 9.56. The molecule has 1 aliphatic heterocycles. The number of ether oxygens (including phenoxy) is 1. The largest absolute Gasteiger partial charge is 0.363 e. The van der Waals surface area contributed by atoms with Crippen molar-refractivity contribution in [1.29, 1.82) is 0 Å². The molecule has 5 nitrogen and oxygen atoms in total. The van der Waals surface area contributed by atoms with Gasteiger partial charge in [0.25, 0.3) is 5.89 Å². The molecule has 1 aromatic carbocycles. The molecule has 106 valence electrons. The van der Waals surface area contributed by atoms with Crippen molar-refractivity contribution < 1.29 is 9.26 Å². The number of aromatic nitrogens is 2. The van der Waals surface area contributed by atoms with Gasteiger partial charge in [-0.15, -0.1) is 0 Å². The van der Waals surface area contributed by atoms with Crippen molar-refractivity contribution in [2.75, 3.05) is 13.1 Å². The van der Waals surface area contributed by atoms with Crippen LogP contribution in [0.4, 0.5) is 0 Å². The van der Waals surface area contributed by atoms with E-state index in [-0.39, 0.29) is 5.60 Å². The summed E-state index contributed by atoms with van der Waals surface area (Å²) in [6, 6.07) is 5.99. The second-order valence-corrected chi connectivity index (χ2v) is 6.17. The fraction of sp³-hybridized carbons (Fsp3) is 0.429. The lowest BCUT2D eigenvalue weighted by molar-refractivity contribution is -0.0841. The predicted octanol–water partition coefficient (Wildman–Crippen LogP) is 2.69. The van der Waals surface area contributed by atoms with Crippen molar-refractivity contribution in [1.82, 2.24) is 15.5 Å². The third-order valence-electron chi connectivity index (χ3n) is 3.44. The average Bonchev–Trinajstić information content (AvgIpc) is 2.86. The van der Waals surface area contributed by atoms with Gasteiger partial charge in [0.15, 0.2) is 0 Å². The lowest BCUT2D eigenvalue weighted by Gasteiger charge is -2.38. The van der Waals surface area contributed by atoms with Crippen LogP contribution in [-0.4, -0.2) is 28.8 Å². The molecule has 0 atom stereocenters. The van der Waals surface area contributed by atoms with Crippen LogP contribution >= 0.6 is 15.9 Å². The number of benzene rings is 1. The first-order valence-electron chi connectivity index (χ1n) is 6.50. The highest BCUT2D eigenvalue weighted by Gasteiger charge is 2.33. The summed E-state index contributed by atoms with van der Waals surface area (Å²) in [5.74, 6) is 1.09. The van der Waals surface area contributed by atoms with E-state index in [0.717, 1.165) is 23.1 Å². The number of hydrogen-bond donors (Lipinski definition) is 1. The second-order valence-electron chi connectivity index (χ2n) is 5.32. The van der Waals surface area contributed by atoms with Crippen LogP contribution in [0.15, 0.2) is 27.2 Å². The van der Waals surface area contributed by atoms with Gasteiger partial charge in [-0.05, 0) is 25.5 Å². The highest BCUT2D eigenvalue weighted by Crippen LogP contribution is 2.24. The second kappa shape index (κ2) is 5.27. The molecule has 0 spiro atoms. The molecule has 1 aromatic heterocycles. The summed E-state index contributed by atoms with van der Waals surface area (Å²) in [7, 11) is 0. The van der Waals surface area contributed by atoms with E-state index in [1.807, 2.05) is 25.1 Å². The summed E-state index contributed by atoms with van der Waals surface area (Å²) in [6.45, 7) is 6.17. The Hall–Kier alpha value is -1.24. The SMILES string of the molecule is Cc1ccc(-c2noc(COC3(C)CNC3)n2)cc1Br. The smallest absolute Gasteiger partial charge is 0.252 e. The fourth-order valence-corrected chi connectivity index (χ4v) is 2.36. The standard InChI is InChI=1S/C14H16BrN3O2/c1-9-3-4-10(5-11(9)15)13-17-12(20-18-13)6-19-14(2)7-16-8-14/h3-5,16H,6-8H2,1-2H3. The molecule has 1 saturated heterocycles. The average molecular weight is 338 g/mol. The fourth-order valence-electron chi connectivity index (χ4n) is 1.98. The van der Waals surface area contributed by atoms with Gasteiger partial charge in [-0.25, -0.2) is 0 Å². The monoisotopic (exact) mass is 337 g/mol. The van der Waals surface area contributed by atoms with Crippen LogP contribution in [0.5, 0.6) is 0 Å². The molecular weight excluding hydrogens is 322 g/mol. The van der Waals surface area contributed by atoms with Crippen molar-refractivity contribution in [3.8, 4) is 11.4 Å². The highest BCUT2D eigenvalue weighted by molar-refractivity contribution is 9.10. The van der Waals surface area contributed by atoms with Gasteiger partial charge < -0.3 is 14.6 Å². The molecule has 0 saturated carbocycles. The minimum absolute atomic E-state index is 0.110. The van der Waals surface area contributed by atoms with Crippen molar-refractivity contribution >= 4 is 15.9 Å². The summed E-state index contributed by atoms with van der Waals surface area (Å²) >= 11 is 3.51. The van der Waals surface area contributed by atoms with Crippen molar-refractivity contribution in [3.63, 3.8) is 0 Å². The Balaban J connectivity index is 1.71. The molecular formula is C14H16BrN3O2. The maximum atomic E-state index is 5.78. The topological polar surface area (TPSA) is 60.2 Å². The van der Waals surface area contributed by atoms with E-state index in [4.69, 9.17) is 9.26 Å². The minimum atomic E-state index is -0.110. The number of hydrogen-bond acceptors (Lipinski definition) is 5. The van der Waals surface area contributed by atoms with Crippen molar-refractivity contribution in [3.05, 3.63) is 34.1 Å². The maximum Gasteiger partial charge on any atom is 0.252 e. The summed E-state index contributed by atoms with van der Waals surface area (Å²) in [5.41, 5.74) is 1.99. The van der Waals surface area contributed by atoms with E-state index in [1.54, 1.807) is 0 Å². The molecule has 2 heterocycles. The molecule has 1 aliphatic rings. The van der Waals surface area contributed by atoms with Gasteiger partial charge in [-0.2, -0.15) is 4.98 Å². The summed E-state index contributed by atoms with van der Waals surface area (Å²) in [4.78, 5) is 4.37. The van der Waals surface area contributed by atoms with E-state index in [9.17, 15) is 0 Å². The molecule has 20 heavy (non-hydrogen) atoms. The first kappa shape index (κ1) is 13.7. The van der Waals surface area contributed by atoms with Gasteiger partial charge in [0.1, 0.15) is 6.61 Å². The summed E-state index contributed by atoms with van der Waals surface area (Å²) in [6.07, 6.45) is 0. The Morgan fingerprint density at radius 2 is 2.25 bits per heavy atom. The third-order valence-corrected chi connectivity index (χ3v) is 4.29. The molecule has 2 aromatic rings. The number of nitrogens with one attached hydrogen (secondary N) is 1. The van der Waals surface area contributed by atoms with Crippen LogP contribution < -0.4 is 5.32 Å². The van der Waals surface area contributed by atoms with Crippen LogP contribution in [0.1, 0.15) is 18.4 Å². The van der Waals surface area contributed by atoms with Gasteiger partial charge in [0.2, 0.25) is 5.82 Å². The number of rotatable bonds is 4. The predicted molar refractivity (Wildman–Crippen MR) is 78.2 cm³/mol. The normalized spacial score (nSPS) is 16.9. The zero-order valence-electron chi connectivity index (χ0n) is 11.4. The molecule has 1 fully saturated rings. The van der Waals surface area contributed by atoms with Crippen LogP contribution in [0.2, 0.25) is 0 Å². The molecule has 0 unspecified atom stereocenters. The van der Waals surface area contributed by atoms with E-state index in [0.29, 0.717) is 18.3 Å². The van der Waals surface area contributed by atoms with Crippen LogP contribution in [-0.2, 0) is 11.3 Å². The molecule has 0 amide bonds. The zero-order valence-corrected chi connectivity index (χ0v) is 13.0. The maximum absolute atomic E-state index is 5.78. The van der Waals surface area contributed by atoms with E-state index < -0.39 is 0 Å². The Morgan fingerprint density at radius 3 is 2.90 bits per heavy atom. The molecule has 0 radical (unpaired) electrons. The molecule has 6 heteroatoms. The van der Waals surface area contributed by atoms with Gasteiger partial charge in [0.05, 0.1) is 5.60 Å². The highest BCUT2D eigenvalue weighted by atomic mass is 79.9. The van der Waals surface area contributed by atoms with Crippen molar-refractivity contribution in [2.45, 2.75) is 26.1 Å². The molecule has 0 bridgehead atoms. The molecule has 1 N–H and O–H groups in total. The van der Waals surface area contributed by atoms with Gasteiger partial charge >= 0.3 is 0 Å². The van der Waals surface area contributed by atoms with Gasteiger partial charge in [-0.3, -0.25) is 0 Å². The van der Waals surface area contributed by atoms with Crippen molar-refractivity contribution in [2.24, 2.45) is 0 Å². The Morgan fingerprint density at radius 1 is 1.45 bits per heavy atom. The zero-order chi connectivity index (χ0) is 14.2. The first-order valence-corrected chi connectivity index (χ1v) is 7.29. The third kappa shape index (κ3) is 2.77.